The minimum Gasteiger partial charge on any atom is -0.216 e. The van der Waals surface area contributed by atoms with Gasteiger partial charge in [-0.2, -0.15) is 0 Å². The highest BCUT2D eigenvalue weighted by atomic mass is 79.9. The van der Waals surface area contributed by atoms with Crippen LogP contribution in [0.2, 0.25) is 5.28 Å². The Balaban J connectivity index is 2.13. The molecule has 2 aromatic heterocycles. The van der Waals surface area contributed by atoms with E-state index in [0.717, 1.165) is 26.7 Å². The first-order valence-corrected chi connectivity index (χ1v) is 8.28. The van der Waals surface area contributed by atoms with Crippen molar-refractivity contribution in [1.29, 1.82) is 0 Å². The second-order valence-corrected chi connectivity index (χ2v) is 6.78. The molecular weight excluding hydrogens is 375 g/mol. The molecule has 0 aliphatic heterocycles. The van der Waals surface area contributed by atoms with Crippen molar-refractivity contribution in [3.05, 3.63) is 50.3 Å². The fraction of sp³-hybridized carbons (Fsp3) is 0.0667. The molecule has 0 saturated heterocycles. The second-order valence-electron chi connectivity index (χ2n) is 4.70. The first-order chi connectivity index (χ1) is 10.1. The van der Waals surface area contributed by atoms with Crippen LogP contribution in [0, 0.1) is 5.82 Å². The van der Waals surface area contributed by atoms with Crippen LogP contribution >= 0.6 is 38.9 Å². The van der Waals surface area contributed by atoms with Gasteiger partial charge in [0.25, 0.3) is 0 Å². The van der Waals surface area contributed by atoms with Gasteiger partial charge in [0, 0.05) is 10.9 Å². The van der Waals surface area contributed by atoms with Gasteiger partial charge in [0.1, 0.15) is 11.3 Å². The van der Waals surface area contributed by atoms with E-state index in [1.165, 1.54) is 17.4 Å². The van der Waals surface area contributed by atoms with E-state index in [1.54, 1.807) is 0 Å². The third-order valence-electron chi connectivity index (χ3n) is 3.49. The van der Waals surface area contributed by atoms with E-state index in [9.17, 15) is 4.39 Å². The molecule has 3 aromatic rings. The van der Waals surface area contributed by atoms with E-state index in [0.29, 0.717) is 16.8 Å². The maximum atomic E-state index is 14.5. The number of thiophene rings is 1. The number of rotatable bonds is 1. The number of hydrogen-bond donors (Lipinski definition) is 0. The highest BCUT2D eigenvalue weighted by Crippen LogP contribution is 2.40. The quantitative estimate of drug-likeness (QED) is 0.521. The summed E-state index contributed by atoms with van der Waals surface area (Å²) in [6, 6.07) is 3.31. The van der Waals surface area contributed by atoms with Gasteiger partial charge in [-0.25, -0.2) is 14.4 Å². The van der Waals surface area contributed by atoms with Gasteiger partial charge in [-0.1, -0.05) is 18.2 Å². The van der Waals surface area contributed by atoms with Crippen molar-refractivity contribution >= 4 is 55.2 Å². The number of aromatic nitrogens is 2. The van der Waals surface area contributed by atoms with Crippen LogP contribution in [-0.4, -0.2) is 9.97 Å². The van der Waals surface area contributed by atoms with Gasteiger partial charge < -0.3 is 0 Å². The van der Waals surface area contributed by atoms with Gasteiger partial charge in [0.05, 0.1) is 14.9 Å². The van der Waals surface area contributed by atoms with E-state index in [4.69, 9.17) is 11.6 Å². The monoisotopic (exact) mass is 380 g/mol. The summed E-state index contributed by atoms with van der Waals surface area (Å²) < 4.78 is 16.1. The maximum absolute atomic E-state index is 14.5. The molecule has 1 aromatic carbocycles. The molecule has 0 bridgehead atoms. The van der Waals surface area contributed by atoms with Crippen molar-refractivity contribution in [3.8, 4) is 11.3 Å². The first kappa shape index (κ1) is 13.4. The van der Waals surface area contributed by atoms with E-state index in [2.05, 4.69) is 25.9 Å². The third-order valence-corrected chi connectivity index (χ3v) is 5.54. The van der Waals surface area contributed by atoms with Crippen LogP contribution in [-0.2, 0) is 6.42 Å². The summed E-state index contributed by atoms with van der Waals surface area (Å²) in [5.74, 6) is -0.291. The third kappa shape index (κ3) is 2.03. The van der Waals surface area contributed by atoms with Crippen LogP contribution in [0.5, 0.6) is 0 Å². The summed E-state index contributed by atoms with van der Waals surface area (Å²) in [6.07, 6.45) is 4.79. The van der Waals surface area contributed by atoms with Crippen molar-refractivity contribution in [2.75, 3.05) is 0 Å². The van der Waals surface area contributed by atoms with E-state index < -0.39 is 0 Å². The van der Waals surface area contributed by atoms with Gasteiger partial charge in [-0.3, -0.25) is 0 Å². The Kier molecular flexibility index (Phi) is 3.10. The fourth-order valence-electron chi connectivity index (χ4n) is 2.58. The van der Waals surface area contributed by atoms with Gasteiger partial charge >= 0.3 is 0 Å². The zero-order valence-corrected chi connectivity index (χ0v) is 13.7. The maximum Gasteiger partial charge on any atom is 0.223 e. The lowest BCUT2D eigenvalue weighted by Gasteiger charge is -2.10. The van der Waals surface area contributed by atoms with E-state index in [1.807, 2.05) is 23.6 Å². The second kappa shape index (κ2) is 4.87. The Labute approximate surface area is 137 Å². The number of benzene rings is 1. The van der Waals surface area contributed by atoms with Crippen molar-refractivity contribution in [2.24, 2.45) is 0 Å². The van der Waals surface area contributed by atoms with Crippen molar-refractivity contribution < 1.29 is 4.39 Å². The van der Waals surface area contributed by atoms with Crippen LogP contribution < -0.4 is 0 Å². The molecule has 4 rings (SSSR count). The van der Waals surface area contributed by atoms with Crippen LogP contribution in [0.25, 0.3) is 27.6 Å². The molecule has 21 heavy (non-hydrogen) atoms. The summed E-state index contributed by atoms with van der Waals surface area (Å²) in [5.41, 5.74) is 3.76. The topological polar surface area (TPSA) is 25.8 Å². The minimum atomic E-state index is -0.291. The normalized spacial score (nSPS) is 13.1. The summed E-state index contributed by atoms with van der Waals surface area (Å²) in [5, 5.41) is 2.03. The summed E-state index contributed by atoms with van der Waals surface area (Å²) >= 11 is 10.9. The van der Waals surface area contributed by atoms with Crippen LogP contribution in [0.1, 0.15) is 11.1 Å². The van der Waals surface area contributed by atoms with Crippen LogP contribution in [0.3, 0.4) is 0 Å². The average molecular weight is 382 g/mol. The zero-order chi connectivity index (χ0) is 14.6. The smallest absolute Gasteiger partial charge is 0.216 e. The number of allylic oxidation sites excluding steroid dienone is 1. The number of halogens is 3. The molecule has 6 heteroatoms. The van der Waals surface area contributed by atoms with Crippen molar-refractivity contribution in [2.45, 2.75) is 6.42 Å². The van der Waals surface area contributed by atoms with Crippen LogP contribution in [0.15, 0.2) is 28.1 Å². The molecule has 2 nitrogen and oxygen atoms in total. The van der Waals surface area contributed by atoms with E-state index in [-0.39, 0.29) is 11.1 Å². The summed E-state index contributed by atoms with van der Waals surface area (Å²) in [4.78, 5) is 8.52. The molecule has 0 unspecified atom stereocenters. The molecule has 0 fully saturated rings. The molecule has 0 saturated carbocycles. The highest BCUT2D eigenvalue weighted by molar-refractivity contribution is 9.10. The van der Waals surface area contributed by atoms with Gasteiger partial charge in [-0.15, -0.1) is 11.3 Å². The number of hydrogen-bond acceptors (Lipinski definition) is 3. The molecular formula is C15H7BrClFN2S. The molecule has 0 N–H and O–H groups in total. The minimum absolute atomic E-state index is 0.121. The lowest BCUT2D eigenvalue weighted by Crippen LogP contribution is -1.96. The standard InChI is InChI=1S/C15H7BrClFN2S/c16-9-6-21-14-12(9)19-15(17)20-13(14)11-8-3-1-2-7(8)4-5-10(11)18/h1,3-6H,2H2. The Morgan fingerprint density at radius 2 is 2.14 bits per heavy atom. The first-order valence-electron chi connectivity index (χ1n) is 6.23. The summed E-state index contributed by atoms with van der Waals surface area (Å²) in [6.45, 7) is 0. The Morgan fingerprint density at radius 3 is 3.00 bits per heavy atom. The molecule has 0 radical (unpaired) electrons. The zero-order valence-electron chi connectivity index (χ0n) is 10.5. The predicted molar refractivity (Wildman–Crippen MR) is 88.3 cm³/mol. The lowest BCUT2D eigenvalue weighted by molar-refractivity contribution is 0.630. The molecule has 1 aliphatic rings. The Hall–Kier alpha value is -1.30. The lowest BCUT2D eigenvalue weighted by atomic mass is 10.00. The molecule has 0 amide bonds. The van der Waals surface area contributed by atoms with Crippen molar-refractivity contribution in [3.63, 3.8) is 0 Å². The largest absolute Gasteiger partial charge is 0.223 e. The van der Waals surface area contributed by atoms with Crippen molar-refractivity contribution in [1.82, 2.24) is 9.97 Å². The molecule has 1 aliphatic carbocycles. The summed E-state index contributed by atoms with van der Waals surface area (Å²) in [7, 11) is 0. The Morgan fingerprint density at radius 1 is 1.29 bits per heavy atom. The molecule has 0 atom stereocenters. The van der Waals surface area contributed by atoms with Gasteiger partial charge in [0.2, 0.25) is 5.28 Å². The van der Waals surface area contributed by atoms with Gasteiger partial charge in [0.15, 0.2) is 0 Å². The van der Waals surface area contributed by atoms with Gasteiger partial charge in [-0.05, 0) is 51.1 Å². The molecule has 104 valence electrons. The number of nitrogens with zero attached hydrogens (tertiary/aromatic N) is 2. The number of fused-ring (bicyclic) bond motifs is 2. The van der Waals surface area contributed by atoms with Crippen LogP contribution in [0.4, 0.5) is 4.39 Å². The molecule has 2 heterocycles. The van der Waals surface area contributed by atoms with E-state index >= 15 is 0 Å². The Bertz CT molecular complexity index is 920. The highest BCUT2D eigenvalue weighted by Gasteiger charge is 2.21. The SMILES string of the molecule is Fc1ccc2c(c1-c1nc(Cl)nc3c(Br)csc13)C=CC2. The average Bonchev–Trinajstić information content (AvgIpc) is 3.06. The molecule has 0 spiro atoms. The predicted octanol–water partition coefficient (Wildman–Crippen LogP) is 5.48. The fourth-order valence-corrected chi connectivity index (χ4v) is 4.31.